The van der Waals surface area contributed by atoms with Gasteiger partial charge in [-0.2, -0.15) is 0 Å². The van der Waals surface area contributed by atoms with Crippen molar-refractivity contribution in [2.24, 2.45) is 11.3 Å². The maximum absolute atomic E-state index is 3.79. The van der Waals surface area contributed by atoms with Gasteiger partial charge in [-0.05, 0) is 30.7 Å². The van der Waals surface area contributed by atoms with Crippen LogP contribution in [0.4, 0.5) is 0 Å². The van der Waals surface area contributed by atoms with Gasteiger partial charge >= 0.3 is 0 Å². The Morgan fingerprint density at radius 2 is 1.80 bits per heavy atom. The number of hydrogen-bond donors (Lipinski definition) is 1. The molecule has 0 radical (unpaired) electrons. The molecule has 1 N–H and O–H groups in total. The highest BCUT2D eigenvalue weighted by atomic mass is 15.2. The molecular formula is C18H36N2. The molecular weight excluding hydrogens is 244 g/mol. The third-order valence-corrected chi connectivity index (χ3v) is 5.60. The van der Waals surface area contributed by atoms with Crippen molar-refractivity contribution in [1.29, 1.82) is 0 Å². The summed E-state index contributed by atoms with van der Waals surface area (Å²) in [5.74, 6) is 1.02. The molecule has 0 aromatic heterocycles. The van der Waals surface area contributed by atoms with Crippen molar-refractivity contribution in [3.63, 3.8) is 0 Å². The third-order valence-electron chi connectivity index (χ3n) is 5.60. The van der Waals surface area contributed by atoms with Gasteiger partial charge in [0, 0.05) is 25.2 Å². The van der Waals surface area contributed by atoms with Gasteiger partial charge in [-0.1, -0.05) is 59.8 Å². The van der Waals surface area contributed by atoms with Gasteiger partial charge in [-0.15, -0.1) is 0 Å². The molecule has 1 aliphatic carbocycles. The maximum atomic E-state index is 3.79. The molecule has 2 nitrogen and oxygen atoms in total. The minimum absolute atomic E-state index is 0.377. The van der Waals surface area contributed by atoms with Gasteiger partial charge in [0.15, 0.2) is 0 Å². The Bertz CT molecular complexity index is 276. The fourth-order valence-corrected chi connectivity index (χ4v) is 3.94. The predicted octanol–water partition coefficient (Wildman–Crippen LogP) is 4.06. The molecule has 2 heteroatoms. The van der Waals surface area contributed by atoms with Crippen molar-refractivity contribution in [2.45, 2.75) is 84.7 Å². The lowest BCUT2D eigenvalue weighted by atomic mass is 9.83. The molecule has 0 amide bonds. The van der Waals surface area contributed by atoms with E-state index in [1.54, 1.807) is 0 Å². The lowest BCUT2D eigenvalue weighted by Gasteiger charge is -2.45. The number of piperazine rings is 1. The zero-order valence-electron chi connectivity index (χ0n) is 14.3. The molecule has 2 rings (SSSR count). The monoisotopic (exact) mass is 280 g/mol. The van der Waals surface area contributed by atoms with Gasteiger partial charge in [-0.3, -0.25) is 4.90 Å². The van der Waals surface area contributed by atoms with E-state index >= 15 is 0 Å². The summed E-state index contributed by atoms with van der Waals surface area (Å²) >= 11 is 0. The Hall–Kier alpha value is -0.0800. The van der Waals surface area contributed by atoms with Gasteiger partial charge in [0.1, 0.15) is 0 Å². The Balaban J connectivity index is 1.84. The van der Waals surface area contributed by atoms with E-state index < -0.39 is 0 Å². The van der Waals surface area contributed by atoms with Crippen LogP contribution in [0.1, 0.15) is 72.6 Å². The van der Waals surface area contributed by atoms with E-state index in [2.05, 4.69) is 37.9 Å². The SMILES string of the molecule is CCC1CNC(C(C)(C)C)CN1CCC1CCCCC1. The van der Waals surface area contributed by atoms with Crippen molar-refractivity contribution >= 4 is 0 Å². The van der Waals surface area contributed by atoms with Gasteiger partial charge in [-0.25, -0.2) is 0 Å². The van der Waals surface area contributed by atoms with Gasteiger partial charge in [0.2, 0.25) is 0 Å². The Morgan fingerprint density at radius 3 is 2.40 bits per heavy atom. The molecule has 20 heavy (non-hydrogen) atoms. The van der Waals surface area contributed by atoms with Crippen LogP contribution in [0.5, 0.6) is 0 Å². The Kier molecular flexibility index (Phi) is 5.92. The van der Waals surface area contributed by atoms with E-state index in [0.29, 0.717) is 11.5 Å². The van der Waals surface area contributed by atoms with E-state index in [1.807, 2.05) is 0 Å². The van der Waals surface area contributed by atoms with Crippen molar-refractivity contribution in [1.82, 2.24) is 10.2 Å². The molecule has 0 bridgehead atoms. The zero-order chi connectivity index (χ0) is 14.6. The topological polar surface area (TPSA) is 15.3 Å². The molecule has 2 atom stereocenters. The minimum Gasteiger partial charge on any atom is -0.311 e. The zero-order valence-corrected chi connectivity index (χ0v) is 14.3. The molecule has 2 fully saturated rings. The molecule has 0 aromatic rings. The van der Waals surface area contributed by atoms with Crippen LogP contribution in [-0.4, -0.2) is 36.6 Å². The van der Waals surface area contributed by atoms with Crippen molar-refractivity contribution in [3.8, 4) is 0 Å². The minimum atomic E-state index is 0.377. The average Bonchev–Trinajstić information content (AvgIpc) is 2.45. The van der Waals surface area contributed by atoms with Crippen LogP contribution in [0.2, 0.25) is 0 Å². The third kappa shape index (κ3) is 4.46. The normalized spacial score (nSPS) is 30.6. The van der Waals surface area contributed by atoms with Crippen LogP contribution < -0.4 is 5.32 Å². The van der Waals surface area contributed by atoms with E-state index in [1.165, 1.54) is 64.6 Å². The highest BCUT2D eigenvalue weighted by Gasteiger charge is 2.33. The van der Waals surface area contributed by atoms with Crippen LogP contribution in [0.15, 0.2) is 0 Å². The first-order valence-electron chi connectivity index (χ1n) is 8.98. The highest BCUT2D eigenvalue weighted by Crippen LogP contribution is 2.28. The second-order valence-corrected chi connectivity index (χ2v) is 8.18. The van der Waals surface area contributed by atoms with E-state index in [9.17, 15) is 0 Å². The quantitative estimate of drug-likeness (QED) is 0.835. The van der Waals surface area contributed by atoms with Crippen LogP contribution in [-0.2, 0) is 0 Å². The Morgan fingerprint density at radius 1 is 1.10 bits per heavy atom. The molecule has 118 valence electrons. The molecule has 1 saturated heterocycles. The molecule has 0 aromatic carbocycles. The van der Waals surface area contributed by atoms with Gasteiger partial charge < -0.3 is 5.32 Å². The summed E-state index contributed by atoms with van der Waals surface area (Å²) in [4.78, 5) is 2.79. The molecule has 2 aliphatic rings. The number of rotatable bonds is 4. The lowest BCUT2D eigenvalue weighted by Crippen LogP contribution is -2.60. The number of nitrogens with zero attached hydrogens (tertiary/aromatic N) is 1. The largest absolute Gasteiger partial charge is 0.311 e. The molecule has 1 saturated carbocycles. The highest BCUT2D eigenvalue weighted by molar-refractivity contribution is 4.91. The average molecular weight is 280 g/mol. The maximum Gasteiger partial charge on any atom is 0.0244 e. The summed E-state index contributed by atoms with van der Waals surface area (Å²) in [5, 5.41) is 3.79. The van der Waals surface area contributed by atoms with Gasteiger partial charge in [0.05, 0.1) is 0 Å². The molecule has 1 aliphatic heterocycles. The van der Waals surface area contributed by atoms with E-state index in [-0.39, 0.29) is 0 Å². The van der Waals surface area contributed by atoms with Crippen molar-refractivity contribution < 1.29 is 0 Å². The van der Waals surface area contributed by atoms with Crippen molar-refractivity contribution in [3.05, 3.63) is 0 Å². The predicted molar refractivity (Wildman–Crippen MR) is 88.1 cm³/mol. The van der Waals surface area contributed by atoms with E-state index in [4.69, 9.17) is 0 Å². The first-order valence-corrected chi connectivity index (χ1v) is 8.98. The lowest BCUT2D eigenvalue weighted by molar-refractivity contribution is 0.0765. The van der Waals surface area contributed by atoms with Crippen LogP contribution >= 0.6 is 0 Å². The molecule has 0 spiro atoms. The standard InChI is InChI=1S/C18H36N2/c1-5-16-13-19-17(18(2,3)4)14-20(16)12-11-15-9-7-6-8-10-15/h15-17,19H,5-14H2,1-4H3. The fourth-order valence-electron chi connectivity index (χ4n) is 3.94. The van der Waals surface area contributed by atoms with Crippen LogP contribution in [0, 0.1) is 11.3 Å². The fraction of sp³-hybridized carbons (Fsp3) is 1.00. The van der Waals surface area contributed by atoms with Crippen LogP contribution in [0.3, 0.4) is 0 Å². The van der Waals surface area contributed by atoms with Gasteiger partial charge in [0.25, 0.3) is 0 Å². The van der Waals surface area contributed by atoms with Crippen LogP contribution in [0.25, 0.3) is 0 Å². The first-order chi connectivity index (χ1) is 9.50. The van der Waals surface area contributed by atoms with Crippen molar-refractivity contribution in [2.75, 3.05) is 19.6 Å². The summed E-state index contributed by atoms with van der Waals surface area (Å²) in [7, 11) is 0. The summed E-state index contributed by atoms with van der Waals surface area (Å²) in [5.41, 5.74) is 0.377. The summed E-state index contributed by atoms with van der Waals surface area (Å²) in [6.07, 6.45) is 10.1. The molecule has 1 heterocycles. The molecule has 2 unspecified atom stereocenters. The first kappa shape index (κ1) is 16.3. The summed E-state index contributed by atoms with van der Waals surface area (Å²) in [6, 6.07) is 1.41. The number of hydrogen-bond acceptors (Lipinski definition) is 2. The second kappa shape index (κ2) is 7.26. The number of nitrogens with one attached hydrogen (secondary N) is 1. The summed E-state index contributed by atoms with van der Waals surface area (Å²) < 4.78 is 0. The smallest absolute Gasteiger partial charge is 0.0244 e. The Labute approximate surface area is 126 Å². The summed E-state index contributed by atoms with van der Waals surface area (Å²) in [6.45, 7) is 13.2. The second-order valence-electron chi connectivity index (χ2n) is 8.18. The van der Waals surface area contributed by atoms with E-state index in [0.717, 1.165) is 12.0 Å².